The fourth-order valence-corrected chi connectivity index (χ4v) is 4.22. The molecular weight excluding hydrogens is 709 g/mol. The van der Waals surface area contributed by atoms with Gasteiger partial charge in [0.05, 0.1) is 13.2 Å². The van der Waals surface area contributed by atoms with Gasteiger partial charge in [-0.3, -0.25) is 0 Å². The average Bonchev–Trinajstić information content (AvgIpc) is 2.91. The van der Waals surface area contributed by atoms with E-state index in [0.29, 0.717) is 26.2 Å². The van der Waals surface area contributed by atoms with E-state index in [4.69, 9.17) is 88.6 Å². The first-order valence-corrected chi connectivity index (χ1v) is 15.4. The second-order valence-corrected chi connectivity index (χ2v) is 14.7. The number of nitrogens with zero attached hydrogens (tertiary/aromatic N) is 8. The van der Waals surface area contributed by atoms with E-state index in [1.165, 1.54) is 0 Å². The van der Waals surface area contributed by atoms with Gasteiger partial charge in [-0.25, -0.2) is 19.6 Å². The second kappa shape index (κ2) is 14.1. The number of aromatic nitrogens is 6. The van der Waals surface area contributed by atoms with E-state index < -0.39 is 31.1 Å². The monoisotopic (exact) mass is 736 g/mol. The minimum atomic E-state index is -2.00. The largest absolute Gasteiger partial charge is 0.509 e. The van der Waals surface area contributed by atoms with E-state index >= 15 is 0 Å². The molecule has 44 heavy (non-hydrogen) atoms. The number of carbonyl (C=O) groups is 2. The molecule has 3 heterocycles. The molecule has 0 N–H and O–H groups in total. The summed E-state index contributed by atoms with van der Waals surface area (Å²) in [6.45, 7) is 11.1. The fraction of sp³-hybridized carbons (Fsp3) is 0.667. The van der Waals surface area contributed by atoms with Crippen molar-refractivity contribution in [1.82, 2.24) is 29.9 Å². The number of piperazine rings is 1. The van der Waals surface area contributed by atoms with Crippen LogP contribution >= 0.6 is 69.6 Å². The van der Waals surface area contributed by atoms with Crippen LogP contribution in [0.15, 0.2) is 0 Å². The van der Waals surface area contributed by atoms with Gasteiger partial charge in [-0.2, -0.15) is 19.9 Å². The molecule has 3 rings (SSSR count). The third-order valence-corrected chi connectivity index (χ3v) is 6.89. The topological polar surface area (TPSA) is 155 Å². The molecule has 0 bridgehead atoms. The lowest BCUT2D eigenvalue weighted by Crippen LogP contribution is -2.48. The highest BCUT2D eigenvalue weighted by atomic mass is 35.6. The molecular formula is C24H30Cl6N8O6. The molecule has 20 heteroatoms. The maximum absolute atomic E-state index is 12.0. The van der Waals surface area contributed by atoms with Crippen LogP contribution in [0.4, 0.5) is 21.5 Å². The Balaban J connectivity index is 1.91. The van der Waals surface area contributed by atoms with Crippen molar-refractivity contribution in [3.8, 4) is 0 Å². The normalized spacial score (nSPS) is 14.7. The third-order valence-electron chi connectivity index (χ3n) is 5.88. The molecule has 0 aliphatic carbocycles. The number of alkyl halides is 6. The lowest BCUT2D eigenvalue weighted by molar-refractivity contribution is -0.0228. The van der Waals surface area contributed by atoms with Gasteiger partial charge >= 0.3 is 12.3 Å². The summed E-state index contributed by atoms with van der Waals surface area (Å²) in [5.41, 5.74) is -2.71. The maximum Gasteiger partial charge on any atom is 0.509 e. The number of hydrogen-bond acceptors (Lipinski definition) is 14. The van der Waals surface area contributed by atoms with E-state index in [2.05, 4.69) is 29.9 Å². The number of ether oxygens (including phenoxy) is 4. The Bertz CT molecular complexity index is 1250. The molecule has 14 nitrogen and oxygen atoms in total. The van der Waals surface area contributed by atoms with E-state index in [1.807, 2.05) is 9.80 Å². The molecule has 0 unspecified atom stereocenters. The van der Waals surface area contributed by atoms with Crippen LogP contribution in [0.5, 0.6) is 0 Å². The lowest BCUT2D eigenvalue weighted by Gasteiger charge is -2.36. The predicted octanol–water partition coefficient (Wildman–Crippen LogP) is 5.85. The Morgan fingerprint density at radius 1 is 0.591 bits per heavy atom. The van der Waals surface area contributed by atoms with Crippen LogP contribution in [0.2, 0.25) is 0 Å². The summed E-state index contributed by atoms with van der Waals surface area (Å²) in [6.07, 6.45) is -1.82. The van der Waals surface area contributed by atoms with Gasteiger partial charge in [-0.1, -0.05) is 69.6 Å². The van der Waals surface area contributed by atoms with Crippen molar-refractivity contribution < 1.29 is 28.5 Å². The highest BCUT2D eigenvalue weighted by molar-refractivity contribution is 6.67. The first kappa shape index (κ1) is 36.4. The van der Waals surface area contributed by atoms with Crippen LogP contribution in [-0.4, -0.2) is 81.6 Å². The molecule has 2 aromatic heterocycles. The zero-order chi connectivity index (χ0) is 33.1. The van der Waals surface area contributed by atoms with Crippen molar-refractivity contribution in [2.75, 3.05) is 49.2 Å². The van der Waals surface area contributed by atoms with Gasteiger partial charge in [-0.05, 0) is 41.5 Å². The van der Waals surface area contributed by atoms with Crippen molar-refractivity contribution in [2.24, 2.45) is 0 Å². The lowest BCUT2D eigenvalue weighted by atomic mass is 10.1. The number of anilines is 2. The Morgan fingerprint density at radius 3 is 1.16 bits per heavy atom. The van der Waals surface area contributed by atoms with Crippen LogP contribution in [0.1, 0.15) is 64.8 Å². The molecule has 0 radical (unpaired) electrons. The molecule has 2 aromatic rings. The quantitative estimate of drug-likeness (QED) is 0.235. The SMILES string of the molecule is CCOC(=O)OC(C)(C)c1nc(N2CCN(c3nc(C(Cl)(Cl)Cl)nc(C(C)(C)OC(=O)OCC)n3)CC2)nc(C(Cl)(Cl)Cl)n1. The summed E-state index contributed by atoms with van der Waals surface area (Å²) < 4.78 is 16.6. The van der Waals surface area contributed by atoms with Crippen LogP contribution in [0, 0.1) is 0 Å². The van der Waals surface area contributed by atoms with Crippen molar-refractivity contribution in [3.63, 3.8) is 0 Å². The van der Waals surface area contributed by atoms with Crippen molar-refractivity contribution in [3.05, 3.63) is 23.3 Å². The molecule has 0 aromatic carbocycles. The van der Waals surface area contributed by atoms with E-state index in [1.54, 1.807) is 41.5 Å². The molecule has 0 spiro atoms. The van der Waals surface area contributed by atoms with E-state index in [9.17, 15) is 9.59 Å². The van der Waals surface area contributed by atoms with Gasteiger partial charge in [0, 0.05) is 26.2 Å². The average molecular weight is 739 g/mol. The number of halogens is 6. The zero-order valence-corrected chi connectivity index (χ0v) is 29.1. The molecule has 0 atom stereocenters. The summed E-state index contributed by atoms with van der Waals surface area (Å²) in [6, 6.07) is 0. The Morgan fingerprint density at radius 2 is 0.886 bits per heavy atom. The summed E-state index contributed by atoms with van der Waals surface area (Å²) in [7, 11) is 0. The van der Waals surface area contributed by atoms with Crippen LogP contribution < -0.4 is 9.80 Å². The van der Waals surface area contributed by atoms with Gasteiger partial charge in [0.2, 0.25) is 19.5 Å². The van der Waals surface area contributed by atoms with Crippen molar-refractivity contribution >= 4 is 93.8 Å². The summed E-state index contributed by atoms with van der Waals surface area (Å²) in [4.78, 5) is 53.9. The first-order valence-electron chi connectivity index (χ1n) is 13.2. The Hall–Kier alpha value is -2.10. The fourth-order valence-electron chi connectivity index (χ4n) is 3.71. The molecule has 244 valence electrons. The molecule has 0 amide bonds. The Kier molecular flexibility index (Phi) is 11.7. The minimum Gasteiger partial charge on any atom is -0.435 e. The van der Waals surface area contributed by atoms with Gasteiger partial charge in [0.15, 0.2) is 34.5 Å². The standard InChI is InChI=1S/C24H30Cl6N8O6/c1-7-41-19(39)43-21(3,4)13-31-15(23(25,26)27)35-17(33-13)37-9-11-38(12-10-37)18-34-14(32-16(36-18)24(28,29)30)22(5,6)44-20(40)42-8-2/h7-12H2,1-6H3. The summed E-state index contributed by atoms with van der Waals surface area (Å²) in [5, 5.41) is 0. The molecule has 1 fully saturated rings. The van der Waals surface area contributed by atoms with Crippen LogP contribution in [-0.2, 0) is 37.7 Å². The number of rotatable bonds is 8. The summed E-state index contributed by atoms with van der Waals surface area (Å²) >= 11 is 36.8. The minimum absolute atomic E-state index is 0.0394. The molecule has 1 aliphatic rings. The molecule has 1 saturated heterocycles. The van der Waals surface area contributed by atoms with Crippen molar-refractivity contribution in [1.29, 1.82) is 0 Å². The zero-order valence-electron chi connectivity index (χ0n) is 24.5. The third kappa shape index (κ3) is 9.46. The van der Waals surface area contributed by atoms with Gasteiger partial charge in [0.25, 0.3) is 0 Å². The van der Waals surface area contributed by atoms with Crippen LogP contribution in [0.25, 0.3) is 0 Å². The second-order valence-electron chi connectivity index (χ2n) is 10.1. The molecule has 1 aliphatic heterocycles. The maximum atomic E-state index is 12.0. The van der Waals surface area contributed by atoms with Gasteiger partial charge in [0.1, 0.15) is 0 Å². The summed E-state index contributed by atoms with van der Waals surface area (Å²) in [5.74, 6) is 0.111. The number of hydrogen-bond donors (Lipinski definition) is 0. The smallest absolute Gasteiger partial charge is 0.435 e. The first-order chi connectivity index (χ1) is 20.3. The van der Waals surface area contributed by atoms with Gasteiger partial charge in [-0.15, -0.1) is 0 Å². The van der Waals surface area contributed by atoms with Gasteiger partial charge < -0.3 is 28.7 Å². The highest BCUT2D eigenvalue weighted by Gasteiger charge is 2.38. The van der Waals surface area contributed by atoms with Crippen LogP contribution in [0.3, 0.4) is 0 Å². The predicted molar refractivity (Wildman–Crippen MR) is 165 cm³/mol. The number of carbonyl (C=O) groups excluding carboxylic acids is 2. The van der Waals surface area contributed by atoms with E-state index in [-0.39, 0.29) is 48.4 Å². The molecule has 0 saturated carbocycles. The highest BCUT2D eigenvalue weighted by Crippen LogP contribution is 2.39. The Labute approximate surface area is 283 Å². The van der Waals surface area contributed by atoms with E-state index in [0.717, 1.165) is 0 Å². The van der Waals surface area contributed by atoms with Crippen molar-refractivity contribution in [2.45, 2.75) is 60.3 Å².